The molecule has 0 amide bonds. The summed E-state index contributed by atoms with van der Waals surface area (Å²) in [7, 11) is 0. The number of aliphatic hydroxyl groups excluding tert-OH is 1. The summed E-state index contributed by atoms with van der Waals surface area (Å²) in [4.78, 5) is 7.72. The molecule has 1 saturated heterocycles. The minimum absolute atomic E-state index is 0.151. The van der Waals surface area contributed by atoms with Crippen LogP contribution >= 0.6 is 0 Å². The highest BCUT2D eigenvalue weighted by molar-refractivity contribution is 5.98. The molecule has 1 aromatic carbocycles. The van der Waals surface area contributed by atoms with E-state index < -0.39 is 0 Å². The third kappa shape index (κ3) is 5.52. The van der Waals surface area contributed by atoms with E-state index in [0.717, 1.165) is 50.0 Å². The first-order valence-corrected chi connectivity index (χ1v) is 8.54. The van der Waals surface area contributed by atoms with Crippen LogP contribution in [0.5, 0.6) is 0 Å². The average molecular weight is 319 g/mol. The lowest BCUT2D eigenvalue weighted by molar-refractivity contribution is 0.0792. The van der Waals surface area contributed by atoms with Gasteiger partial charge in [0.15, 0.2) is 5.84 Å². The van der Waals surface area contributed by atoms with E-state index in [1.165, 1.54) is 0 Å². The molecule has 2 rings (SSSR count). The van der Waals surface area contributed by atoms with E-state index in [4.69, 9.17) is 10.6 Å². The topological polar surface area (TPSA) is 71.1 Å². The van der Waals surface area contributed by atoms with E-state index in [1.807, 2.05) is 18.2 Å². The minimum atomic E-state index is -0.151. The van der Waals surface area contributed by atoms with Gasteiger partial charge in [-0.2, -0.15) is 0 Å². The van der Waals surface area contributed by atoms with Crippen LogP contribution in [0.15, 0.2) is 29.4 Å². The lowest BCUT2D eigenvalue weighted by Gasteiger charge is -2.30. The van der Waals surface area contributed by atoms with Gasteiger partial charge in [0.1, 0.15) is 6.61 Å². The van der Waals surface area contributed by atoms with Gasteiger partial charge in [-0.25, -0.2) is 0 Å². The van der Waals surface area contributed by atoms with Gasteiger partial charge in [0.2, 0.25) is 0 Å². The van der Waals surface area contributed by atoms with Crippen molar-refractivity contribution in [3.63, 3.8) is 0 Å². The van der Waals surface area contributed by atoms with Crippen LogP contribution in [-0.2, 0) is 11.4 Å². The van der Waals surface area contributed by atoms with Crippen molar-refractivity contribution in [1.82, 2.24) is 4.90 Å². The summed E-state index contributed by atoms with van der Waals surface area (Å²) >= 11 is 0. The molecule has 1 unspecified atom stereocenters. The van der Waals surface area contributed by atoms with E-state index in [0.29, 0.717) is 18.4 Å². The van der Waals surface area contributed by atoms with E-state index in [9.17, 15) is 5.11 Å². The highest BCUT2D eigenvalue weighted by Crippen LogP contribution is 2.16. The molecule has 1 aromatic rings. The maximum Gasteiger partial charge on any atom is 0.170 e. The summed E-state index contributed by atoms with van der Waals surface area (Å²) in [5.74, 6) is 0.905. The number of piperidine rings is 1. The molecule has 128 valence electrons. The summed E-state index contributed by atoms with van der Waals surface area (Å²) in [5, 5.41) is 13.7. The predicted octanol–water partition coefficient (Wildman–Crippen LogP) is 2.33. The molecule has 1 heterocycles. The Hall–Kier alpha value is -1.59. The van der Waals surface area contributed by atoms with Gasteiger partial charge in [-0.05, 0) is 24.3 Å². The van der Waals surface area contributed by atoms with Crippen molar-refractivity contribution in [1.29, 1.82) is 0 Å². The van der Waals surface area contributed by atoms with Gasteiger partial charge in [-0.15, -0.1) is 0 Å². The fourth-order valence-corrected chi connectivity index (χ4v) is 2.63. The zero-order valence-electron chi connectivity index (χ0n) is 14.2. The Bertz CT molecular complexity index is 511. The molecular formula is C18H29N3O2. The van der Waals surface area contributed by atoms with Crippen LogP contribution in [0, 0.1) is 5.92 Å². The number of nitrogens with zero attached hydrogens (tertiary/aromatic N) is 2. The smallest absolute Gasteiger partial charge is 0.170 e. The summed E-state index contributed by atoms with van der Waals surface area (Å²) in [6.45, 7) is 7.50. The molecule has 1 fully saturated rings. The lowest BCUT2D eigenvalue weighted by atomic mass is 10.0. The van der Waals surface area contributed by atoms with Gasteiger partial charge in [-0.3, -0.25) is 4.90 Å². The molecule has 1 aliphatic rings. The Morgan fingerprint density at radius 1 is 1.39 bits per heavy atom. The quantitative estimate of drug-likeness (QED) is 0.460. The summed E-state index contributed by atoms with van der Waals surface area (Å²) in [5.41, 5.74) is 8.20. The number of rotatable bonds is 7. The first-order chi connectivity index (χ1) is 11.1. The second-order valence-corrected chi connectivity index (χ2v) is 6.45. The normalized spacial score (nSPS) is 18.8. The Kier molecular flexibility index (Phi) is 6.86. The standard InChI is InChI=1S/C18H29N3O2/c1-3-14(2)13-23-20-18(19)17-7-5-4-6-15(17)12-21-10-8-16(22)9-11-21/h4-7,14,16,22H,3,8-13H2,1-2H3,(H2,19,20). The van der Waals surface area contributed by atoms with Crippen LogP contribution in [0.3, 0.4) is 0 Å². The predicted molar refractivity (Wildman–Crippen MR) is 93.1 cm³/mol. The van der Waals surface area contributed by atoms with Crippen molar-refractivity contribution in [2.24, 2.45) is 16.8 Å². The van der Waals surface area contributed by atoms with Crippen LogP contribution < -0.4 is 5.73 Å². The first kappa shape index (κ1) is 17.8. The van der Waals surface area contributed by atoms with Crippen LogP contribution in [-0.4, -0.2) is 41.6 Å². The summed E-state index contributed by atoms with van der Waals surface area (Å²) < 4.78 is 0. The molecule has 1 aliphatic heterocycles. The van der Waals surface area contributed by atoms with Gasteiger partial charge in [-0.1, -0.05) is 49.7 Å². The second-order valence-electron chi connectivity index (χ2n) is 6.45. The van der Waals surface area contributed by atoms with Crippen molar-refractivity contribution in [3.8, 4) is 0 Å². The van der Waals surface area contributed by atoms with Crippen molar-refractivity contribution in [3.05, 3.63) is 35.4 Å². The van der Waals surface area contributed by atoms with Crippen molar-refractivity contribution < 1.29 is 9.94 Å². The second kappa shape index (κ2) is 8.89. The molecule has 0 bridgehead atoms. The van der Waals surface area contributed by atoms with Crippen molar-refractivity contribution >= 4 is 5.84 Å². The van der Waals surface area contributed by atoms with Gasteiger partial charge in [0.25, 0.3) is 0 Å². The zero-order valence-corrected chi connectivity index (χ0v) is 14.2. The molecule has 0 aromatic heterocycles. The molecule has 0 saturated carbocycles. The molecule has 5 heteroatoms. The molecule has 1 atom stereocenters. The lowest BCUT2D eigenvalue weighted by Crippen LogP contribution is -2.35. The molecule has 23 heavy (non-hydrogen) atoms. The van der Waals surface area contributed by atoms with Crippen LogP contribution in [0.2, 0.25) is 0 Å². The number of hydrogen-bond donors (Lipinski definition) is 2. The Morgan fingerprint density at radius 3 is 2.78 bits per heavy atom. The van der Waals surface area contributed by atoms with Gasteiger partial charge in [0.05, 0.1) is 6.10 Å². The first-order valence-electron chi connectivity index (χ1n) is 8.54. The molecule has 5 nitrogen and oxygen atoms in total. The van der Waals surface area contributed by atoms with E-state index in [2.05, 4.69) is 30.0 Å². The summed E-state index contributed by atoms with van der Waals surface area (Å²) in [6.07, 6.45) is 2.59. The largest absolute Gasteiger partial charge is 0.394 e. The highest BCUT2D eigenvalue weighted by Gasteiger charge is 2.18. The van der Waals surface area contributed by atoms with Gasteiger partial charge < -0.3 is 15.7 Å². The van der Waals surface area contributed by atoms with Gasteiger partial charge in [0, 0.05) is 25.2 Å². The maximum absolute atomic E-state index is 9.62. The number of likely N-dealkylation sites (tertiary alicyclic amines) is 1. The van der Waals surface area contributed by atoms with Crippen LogP contribution in [0.25, 0.3) is 0 Å². The number of aliphatic hydroxyl groups is 1. The summed E-state index contributed by atoms with van der Waals surface area (Å²) in [6, 6.07) is 8.05. The van der Waals surface area contributed by atoms with Crippen molar-refractivity contribution in [2.75, 3.05) is 19.7 Å². The number of nitrogens with two attached hydrogens (primary N) is 1. The fourth-order valence-electron chi connectivity index (χ4n) is 2.63. The number of hydrogen-bond acceptors (Lipinski definition) is 4. The Balaban J connectivity index is 2.00. The minimum Gasteiger partial charge on any atom is -0.394 e. The third-order valence-corrected chi connectivity index (χ3v) is 4.46. The van der Waals surface area contributed by atoms with E-state index >= 15 is 0 Å². The molecule has 0 aliphatic carbocycles. The molecule has 3 N–H and O–H groups in total. The van der Waals surface area contributed by atoms with E-state index in [-0.39, 0.29) is 6.10 Å². The maximum atomic E-state index is 9.62. The number of benzene rings is 1. The van der Waals surface area contributed by atoms with Crippen LogP contribution in [0.1, 0.15) is 44.2 Å². The molecule has 0 spiro atoms. The average Bonchev–Trinajstić information content (AvgIpc) is 2.57. The number of amidine groups is 1. The SMILES string of the molecule is CCC(C)CO/N=C(/N)c1ccccc1CN1CCC(O)CC1. The number of oxime groups is 1. The third-order valence-electron chi connectivity index (χ3n) is 4.46. The Morgan fingerprint density at radius 2 is 2.09 bits per heavy atom. The highest BCUT2D eigenvalue weighted by atomic mass is 16.6. The van der Waals surface area contributed by atoms with Crippen molar-refractivity contribution in [2.45, 2.75) is 45.8 Å². The zero-order chi connectivity index (χ0) is 16.7. The fraction of sp³-hybridized carbons (Fsp3) is 0.611. The Labute approximate surface area is 139 Å². The van der Waals surface area contributed by atoms with Crippen LogP contribution in [0.4, 0.5) is 0 Å². The molecule has 0 radical (unpaired) electrons. The monoisotopic (exact) mass is 319 g/mol. The molecular weight excluding hydrogens is 290 g/mol. The van der Waals surface area contributed by atoms with E-state index in [1.54, 1.807) is 0 Å². The van der Waals surface area contributed by atoms with Gasteiger partial charge >= 0.3 is 0 Å².